The van der Waals surface area contributed by atoms with Crippen LogP contribution in [0.15, 0.2) is 48.5 Å². The van der Waals surface area contributed by atoms with Crippen LogP contribution in [-0.2, 0) is 16.8 Å². The van der Waals surface area contributed by atoms with Gasteiger partial charge in [-0.3, -0.25) is 4.79 Å². The number of amides is 1. The Kier molecular flexibility index (Phi) is 6.16. The molecule has 2 aromatic carbocycles. The van der Waals surface area contributed by atoms with E-state index in [1.165, 1.54) is 7.11 Å². The summed E-state index contributed by atoms with van der Waals surface area (Å²) in [7, 11) is 3.08. The van der Waals surface area contributed by atoms with Crippen molar-refractivity contribution < 1.29 is 29.6 Å². The zero-order valence-electron chi connectivity index (χ0n) is 19.6. The molecule has 0 bridgehead atoms. The number of rotatable bonds is 5. The molecule has 0 spiro atoms. The summed E-state index contributed by atoms with van der Waals surface area (Å²) in [5, 5.41) is 34.3. The minimum absolute atomic E-state index is 0.0870. The number of benzene rings is 2. The van der Waals surface area contributed by atoms with Crippen LogP contribution in [0.2, 0.25) is 0 Å². The Morgan fingerprint density at radius 1 is 0.939 bits per heavy atom. The van der Waals surface area contributed by atoms with E-state index in [2.05, 4.69) is 0 Å². The van der Waals surface area contributed by atoms with Gasteiger partial charge < -0.3 is 29.7 Å². The molecule has 1 saturated carbocycles. The molecule has 4 rings (SSSR count). The second-order valence-corrected chi connectivity index (χ2v) is 9.74. The zero-order chi connectivity index (χ0) is 24.0. The molecule has 3 N–H and O–H groups in total. The van der Waals surface area contributed by atoms with Crippen molar-refractivity contribution in [3.63, 3.8) is 0 Å². The Labute approximate surface area is 194 Å². The molecule has 1 aliphatic heterocycles. The molecule has 5 unspecified atom stereocenters. The fourth-order valence-electron chi connectivity index (χ4n) is 5.75. The summed E-state index contributed by atoms with van der Waals surface area (Å²) in [4.78, 5) is 15.0. The Bertz CT molecular complexity index is 1020. The summed E-state index contributed by atoms with van der Waals surface area (Å²) in [6.07, 6.45) is -2.45. The molecule has 1 saturated heterocycles. The van der Waals surface area contributed by atoms with Crippen LogP contribution in [0.25, 0.3) is 0 Å². The number of methoxy groups -OCH3 is 2. The SMILES string of the molecule is COc1ccccc1CC(=O)N1CC2C(C1)C(O)(c1ccccc1OC)C(O)C(O)C2(C)C. The van der Waals surface area contributed by atoms with Gasteiger partial charge in [-0.25, -0.2) is 0 Å². The number of fused-ring (bicyclic) bond motifs is 1. The van der Waals surface area contributed by atoms with Crippen molar-refractivity contribution in [1.29, 1.82) is 0 Å². The number of hydrogen-bond donors (Lipinski definition) is 3. The van der Waals surface area contributed by atoms with Crippen LogP contribution in [-0.4, -0.2) is 65.6 Å². The molecule has 1 heterocycles. The topological polar surface area (TPSA) is 99.5 Å². The molecular formula is C26H33NO6. The van der Waals surface area contributed by atoms with Gasteiger partial charge in [0.25, 0.3) is 0 Å². The van der Waals surface area contributed by atoms with E-state index in [0.29, 0.717) is 23.6 Å². The lowest BCUT2D eigenvalue weighted by molar-refractivity contribution is -0.236. The first-order valence-corrected chi connectivity index (χ1v) is 11.3. The highest BCUT2D eigenvalue weighted by atomic mass is 16.5. The molecule has 0 aromatic heterocycles. The monoisotopic (exact) mass is 455 g/mol. The van der Waals surface area contributed by atoms with Gasteiger partial charge in [0.1, 0.15) is 23.2 Å². The molecule has 1 amide bonds. The average molecular weight is 456 g/mol. The highest BCUT2D eigenvalue weighted by Gasteiger charge is 2.65. The molecule has 2 aromatic rings. The quantitative estimate of drug-likeness (QED) is 0.638. The fourth-order valence-corrected chi connectivity index (χ4v) is 5.75. The van der Waals surface area contributed by atoms with E-state index in [-0.39, 0.29) is 24.8 Å². The zero-order valence-corrected chi connectivity index (χ0v) is 19.6. The number of hydrogen-bond acceptors (Lipinski definition) is 6. The number of aliphatic hydroxyl groups is 3. The smallest absolute Gasteiger partial charge is 0.227 e. The Hall–Kier alpha value is -2.61. The van der Waals surface area contributed by atoms with Gasteiger partial charge in [0.2, 0.25) is 5.91 Å². The summed E-state index contributed by atoms with van der Waals surface area (Å²) in [5.41, 5.74) is -1.27. The van der Waals surface area contributed by atoms with Crippen LogP contribution in [0.3, 0.4) is 0 Å². The maximum atomic E-state index is 13.3. The third kappa shape index (κ3) is 3.68. The standard InChI is InChI=1S/C26H33NO6/c1-25(2)18-14-27(22(28)13-16-9-5-7-11-20(16)32-3)15-19(18)26(31,24(30)23(25)29)17-10-6-8-12-21(17)33-4/h5-12,18-19,23-24,29-31H,13-15H2,1-4H3. The van der Waals surface area contributed by atoms with Gasteiger partial charge in [-0.2, -0.15) is 0 Å². The lowest BCUT2D eigenvalue weighted by Crippen LogP contribution is -2.65. The average Bonchev–Trinajstić information content (AvgIpc) is 3.29. The van der Waals surface area contributed by atoms with Crippen molar-refractivity contribution >= 4 is 5.91 Å². The minimum atomic E-state index is -1.77. The number of ether oxygens (including phenoxy) is 2. The maximum Gasteiger partial charge on any atom is 0.227 e. The lowest BCUT2D eigenvalue weighted by atomic mass is 9.55. The van der Waals surface area contributed by atoms with Gasteiger partial charge in [-0.05, 0) is 23.5 Å². The van der Waals surface area contributed by atoms with E-state index >= 15 is 0 Å². The number of para-hydroxylation sites is 2. The summed E-state index contributed by atoms with van der Waals surface area (Å²) in [6, 6.07) is 14.4. The molecule has 2 aliphatic rings. The van der Waals surface area contributed by atoms with Gasteiger partial charge in [0.05, 0.1) is 26.7 Å². The lowest BCUT2D eigenvalue weighted by Gasteiger charge is -2.54. The van der Waals surface area contributed by atoms with Crippen LogP contribution in [0.4, 0.5) is 0 Å². The summed E-state index contributed by atoms with van der Waals surface area (Å²) in [6.45, 7) is 4.41. The van der Waals surface area contributed by atoms with Gasteiger partial charge >= 0.3 is 0 Å². The molecular weight excluding hydrogens is 422 g/mol. The number of aliphatic hydroxyl groups excluding tert-OH is 2. The third-order valence-corrected chi connectivity index (χ3v) is 7.78. The number of likely N-dealkylation sites (tertiary alicyclic amines) is 1. The molecule has 5 atom stereocenters. The predicted molar refractivity (Wildman–Crippen MR) is 123 cm³/mol. The van der Waals surface area contributed by atoms with Crippen molar-refractivity contribution in [2.75, 3.05) is 27.3 Å². The van der Waals surface area contributed by atoms with Crippen LogP contribution in [0.5, 0.6) is 11.5 Å². The molecule has 33 heavy (non-hydrogen) atoms. The largest absolute Gasteiger partial charge is 0.496 e. The molecule has 0 radical (unpaired) electrons. The van der Waals surface area contributed by atoms with Gasteiger partial charge in [0.15, 0.2) is 0 Å². The Balaban J connectivity index is 1.70. The summed E-state index contributed by atoms with van der Waals surface area (Å²) >= 11 is 0. The maximum absolute atomic E-state index is 13.3. The second kappa shape index (κ2) is 8.63. The molecule has 7 heteroatoms. The second-order valence-electron chi connectivity index (χ2n) is 9.74. The molecule has 178 valence electrons. The highest BCUT2D eigenvalue weighted by molar-refractivity contribution is 5.80. The Morgan fingerprint density at radius 3 is 2.18 bits per heavy atom. The number of nitrogens with zero attached hydrogens (tertiary/aromatic N) is 1. The fraction of sp³-hybridized carbons (Fsp3) is 0.500. The number of carbonyl (C=O) groups excluding carboxylic acids is 1. The van der Waals surface area contributed by atoms with Crippen LogP contribution in [0, 0.1) is 17.3 Å². The Morgan fingerprint density at radius 2 is 1.52 bits per heavy atom. The normalized spacial score (nSPS) is 30.6. The molecule has 7 nitrogen and oxygen atoms in total. The third-order valence-electron chi connectivity index (χ3n) is 7.78. The van der Waals surface area contributed by atoms with E-state index in [4.69, 9.17) is 9.47 Å². The predicted octanol–water partition coefficient (Wildman–Crippen LogP) is 1.97. The van der Waals surface area contributed by atoms with E-state index in [1.807, 2.05) is 38.1 Å². The van der Waals surface area contributed by atoms with Gasteiger partial charge in [0, 0.05) is 30.1 Å². The summed E-state index contributed by atoms with van der Waals surface area (Å²) < 4.78 is 10.9. The van der Waals surface area contributed by atoms with Crippen molar-refractivity contribution in [3.05, 3.63) is 59.7 Å². The van der Waals surface area contributed by atoms with Gasteiger partial charge in [-0.15, -0.1) is 0 Å². The van der Waals surface area contributed by atoms with Crippen LogP contribution >= 0.6 is 0 Å². The highest BCUT2D eigenvalue weighted by Crippen LogP contribution is 2.56. The van der Waals surface area contributed by atoms with E-state index in [1.54, 1.807) is 36.3 Å². The van der Waals surface area contributed by atoms with Crippen LogP contribution in [0.1, 0.15) is 25.0 Å². The van der Waals surface area contributed by atoms with Crippen LogP contribution < -0.4 is 9.47 Å². The van der Waals surface area contributed by atoms with Crippen molar-refractivity contribution in [1.82, 2.24) is 4.90 Å². The van der Waals surface area contributed by atoms with Gasteiger partial charge in [-0.1, -0.05) is 50.2 Å². The minimum Gasteiger partial charge on any atom is -0.496 e. The van der Waals surface area contributed by atoms with E-state index in [0.717, 1.165) is 5.56 Å². The summed E-state index contributed by atoms with van der Waals surface area (Å²) in [5.74, 6) is 0.287. The van der Waals surface area contributed by atoms with Crippen molar-refractivity contribution in [2.45, 2.75) is 38.1 Å². The van der Waals surface area contributed by atoms with Crippen molar-refractivity contribution in [2.24, 2.45) is 17.3 Å². The van der Waals surface area contributed by atoms with E-state index < -0.39 is 29.1 Å². The number of carbonyl (C=O) groups is 1. The van der Waals surface area contributed by atoms with Crippen molar-refractivity contribution in [3.8, 4) is 11.5 Å². The molecule has 1 aliphatic carbocycles. The first-order chi connectivity index (χ1) is 15.7. The first-order valence-electron chi connectivity index (χ1n) is 11.3. The van der Waals surface area contributed by atoms with E-state index in [9.17, 15) is 20.1 Å². The molecule has 2 fully saturated rings. The first kappa shape index (κ1) is 23.5.